The lowest BCUT2D eigenvalue weighted by Gasteiger charge is -2.20. The summed E-state index contributed by atoms with van der Waals surface area (Å²) in [5.41, 5.74) is 6.33. The molecule has 112 valence electrons. The van der Waals surface area contributed by atoms with E-state index in [1.807, 2.05) is 25.2 Å². The minimum Gasteiger partial charge on any atom is -0.490 e. The number of rotatable bonds is 9. The van der Waals surface area contributed by atoms with E-state index in [0.29, 0.717) is 22.8 Å². The maximum atomic E-state index is 9.97. The lowest BCUT2D eigenvalue weighted by Crippen LogP contribution is -2.34. The Balaban J connectivity index is 2.45. The standard InChI is InChI=1S/C14H22N2O2S2/c1-16(7-8-20-2)9-11(17)10-18-13-6-4-3-5-12(13)14(15)19/h3-6,11,17H,7-10H2,1-2H3,(H2,15,19). The summed E-state index contributed by atoms with van der Waals surface area (Å²) in [5, 5.41) is 9.97. The molecule has 1 unspecified atom stereocenters. The molecule has 1 rings (SSSR count). The molecule has 0 radical (unpaired) electrons. The highest BCUT2D eigenvalue weighted by Crippen LogP contribution is 2.17. The van der Waals surface area contributed by atoms with Gasteiger partial charge in [0.15, 0.2) is 0 Å². The third kappa shape index (κ3) is 6.09. The normalized spacial score (nSPS) is 12.4. The molecule has 0 spiro atoms. The summed E-state index contributed by atoms with van der Waals surface area (Å²) in [6, 6.07) is 7.33. The SMILES string of the molecule is CSCCN(C)CC(O)COc1ccccc1C(N)=S. The molecule has 0 aliphatic rings. The van der Waals surface area contributed by atoms with Crippen molar-refractivity contribution < 1.29 is 9.84 Å². The predicted octanol–water partition coefficient (Wildman–Crippen LogP) is 1.36. The number of likely N-dealkylation sites (N-methyl/N-ethyl adjacent to an activating group) is 1. The molecule has 0 aliphatic carbocycles. The minimum absolute atomic E-state index is 0.225. The average molecular weight is 314 g/mol. The summed E-state index contributed by atoms with van der Waals surface area (Å²) in [4.78, 5) is 2.39. The second kappa shape index (κ2) is 9.18. The van der Waals surface area contributed by atoms with Gasteiger partial charge in [0.05, 0.1) is 5.56 Å². The zero-order chi connectivity index (χ0) is 15.0. The number of ether oxygens (including phenoxy) is 1. The van der Waals surface area contributed by atoms with Crippen molar-refractivity contribution in [2.24, 2.45) is 5.73 Å². The first-order chi connectivity index (χ1) is 9.54. The van der Waals surface area contributed by atoms with E-state index in [-0.39, 0.29) is 6.61 Å². The van der Waals surface area contributed by atoms with Crippen LogP contribution in [0.2, 0.25) is 0 Å². The highest BCUT2D eigenvalue weighted by Gasteiger charge is 2.11. The number of para-hydroxylation sites is 1. The molecule has 0 amide bonds. The van der Waals surface area contributed by atoms with Crippen LogP contribution in [0.4, 0.5) is 0 Å². The van der Waals surface area contributed by atoms with E-state index >= 15 is 0 Å². The summed E-state index contributed by atoms with van der Waals surface area (Å²) >= 11 is 6.76. The first-order valence-electron chi connectivity index (χ1n) is 6.41. The van der Waals surface area contributed by atoms with Crippen molar-refractivity contribution in [3.05, 3.63) is 29.8 Å². The van der Waals surface area contributed by atoms with E-state index in [9.17, 15) is 5.11 Å². The molecule has 0 aromatic heterocycles. The second-order valence-electron chi connectivity index (χ2n) is 4.58. The fourth-order valence-corrected chi connectivity index (χ4v) is 2.40. The van der Waals surface area contributed by atoms with Crippen molar-refractivity contribution in [1.29, 1.82) is 0 Å². The van der Waals surface area contributed by atoms with Gasteiger partial charge in [-0.1, -0.05) is 24.4 Å². The second-order valence-corrected chi connectivity index (χ2v) is 6.01. The smallest absolute Gasteiger partial charge is 0.129 e. The van der Waals surface area contributed by atoms with Crippen molar-refractivity contribution in [3.63, 3.8) is 0 Å². The van der Waals surface area contributed by atoms with E-state index in [1.54, 1.807) is 17.8 Å². The number of hydrogen-bond donors (Lipinski definition) is 2. The van der Waals surface area contributed by atoms with Crippen LogP contribution in [-0.2, 0) is 0 Å². The average Bonchev–Trinajstić information content (AvgIpc) is 2.43. The maximum Gasteiger partial charge on any atom is 0.129 e. The molecule has 0 saturated carbocycles. The lowest BCUT2D eigenvalue weighted by atomic mass is 10.2. The van der Waals surface area contributed by atoms with E-state index in [0.717, 1.165) is 12.3 Å². The number of hydrogen-bond acceptors (Lipinski definition) is 5. The monoisotopic (exact) mass is 314 g/mol. The summed E-state index contributed by atoms with van der Waals surface area (Å²) in [6.07, 6.45) is 1.53. The molecule has 6 heteroatoms. The van der Waals surface area contributed by atoms with Crippen LogP contribution in [0.25, 0.3) is 0 Å². The zero-order valence-corrected chi connectivity index (χ0v) is 13.5. The maximum absolute atomic E-state index is 9.97. The summed E-state index contributed by atoms with van der Waals surface area (Å²) < 4.78 is 5.62. The van der Waals surface area contributed by atoms with Crippen molar-refractivity contribution in [3.8, 4) is 5.75 Å². The van der Waals surface area contributed by atoms with Gasteiger partial charge in [-0.3, -0.25) is 0 Å². The van der Waals surface area contributed by atoms with Crippen molar-refractivity contribution in [2.75, 3.05) is 38.8 Å². The molecule has 1 aromatic rings. The summed E-state index contributed by atoms with van der Waals surface area (Å²) in [6.45, 7) is 1.75. The van der Waals surface area contributed by atoms with Gasteiger partial charge in [0, 0.05) is 18.8 Å². The van der Waals surface area contributed by atoms with Crippen LogP contribution < -0.4 is 10.5 Å². The Morgan fingerprint density at radius 3 is 2.85 bits per heavy atom. The molecular weight excluding hydrogens is 292 g/mol. The summed E-state index contributed by atoms with van der Waals surface area (Å²) in [7, 11) is 1.99. The van der Waals surface area contributed by atoms with Crippen molar-refractivity contribution in [1.82, 2.24) is 4.90 Å². The Hall–Kier alpha value is -0.820. The molecule has 1 aromatic carbocycles. The van der Waals surface area contributed by atoms with Crippen LogP contribution >= 0.6 is 24.0 Å². The van der Waals surface area contributed by atoms with Crippen molar-refractivity contribution >= 4 is 29.0 Å². The Morgan fingerprint density at radius 1 is 1.50 bits per heavy atom. The van der Waals surface area contributed by atoms with Gasteiger partial charge in [-0.05, 0) is 25.4 Å². The molecule has 0 saturated heterocycles. The largest absolute Gasteiger partial charge is 0.490 e. The molecule has 3 N–H and O–H groups in total. The molecule has 0 heterocycles. The molecular formula is C14H22N2O2S2. The molecule has 4 nitrogen and oxygen atoms in total. The first-order valence-corrected chi connectivity index (χ1v) is 8.22. The van der Waals surface area contributed by atoms with Gasteiger partial charge in [-0.2, -0.15) is 11.8 Å². The predicted molar refractivity (Wildman–Crippen MR) is 89.7 cm³/mol. The zero-order valence-electron chi connectivity index (χ0n) is 11.9. The van der Waals surface area contributed by atoms with Crippen LogP contribution in [0.1, 0.15) is 5.56 Å². The lowest BCUT2D eigenvalue weighted by molar-refractivity contribution is 0.0781. The van der Waals surface area contributed by atoms with Crippen LogP contribution in [0.15, 0.2) is 24.3 Å². The topological polar surface area (TPSA) is 58.7 Å². The fraction of sp³-hybridized carbons (Fsp3) is 0.500. The van der Waals surface area contributed by atoms with E-state index in [2.05, 4.69) is 11.2 Å². The Kier molecular flexibility index (Phi) is 7.91. The third-order valence-corrected chi connectivity index (χ3v) is 3.59. The van der Waals surface area contributed by atoms with Crippen molar-refractivity contribution in [2.45, 2.75) is 6.10 Å². The minimum atomic E-state index is -0.541. The van der Waals surface area contributed by atoms with Gasteiger partial charge in [0.25, 0.3) is 0 Å². The van der Waals surface area contributed by atoms with Gasteiger partial charge in [-0.15, -0.1) is 0 Å². The third-order valence-electron chi connectivity index (χ3n) is 2.78. The number of aliphatic hydroxyl groups is 1. The van der Waals surface area contributed by atoms with Gasteiger partial charge >= 0.3 is 0 Å². The number of thioether (sulfide) groups is 1. The van der Waals surface area contributed by atoms with Crippen LogP contribution in [0.5, 0.6) is 5.75 Å². The quantitative estimate of drug-likeness (QED) is 0.671. The Labute approximate surface area is 130 Å². The molecule has 0 fully saturated rings. The summed E-state index contributed by atoms with van der Waals surface area (Å²) in [5.74, 6) is 1.67. The van der Waals surface area contributed by atoms with Crippen LogP contribution in [-0.4, -0.2) is 59.9 Å². The van der Waals surface area contributed by atoms with Gasteiger partial charge in [0.1, 0.15) is 23.4 Å². The number of aliphatic hydroxyl groups excluding tert-OH is 1. The number of benzene rings is 1. The number of nitrogens with two attached hydrogens (primary N) is 1. The molecule has 20 heavy (non-hydrogen) atoms. The first kappa shape index (κ1) is 17.2. The van der Waals surface area contributed by atoms with Gasteiger partial charge in [-0.25, -0.2) is 0 Å². The van der Waals surface area contributed by atoms with E-state index in [1.165, 1.54) is 0 Å². The highest BCUT2D eigenvalue weighted by molar-refractivity contribution is 7.98. The molecule has 1 atom stereocenters. The highest BCUT2D eigenvalue weighted by atomic mass is 32.2. The molecule has 0 aliphatic heterocycles. The number of thiocarbonyl (C=S) groups is 1. The van der Waals surface area contributed by atoms with Gasteiger partial charge in [0.2, 0.25) is 0 Å². The van der Waals surface area contributed by atoms with Gasteiger partial charge < -0.3 is 20.5 Å². The van der Waals surface area contributed by atoms with E-state index < -0.39 is 6.10 Å². The molecule has 0 bridgehead atoms. The fourth-order valence-electron chi connectivity index (χ4n) is 1.73. The Morgan fingerprint density at radius 2 is 2.20 bits per heavy atom. The Bertz CT molecular complexity index is 429. The van der Waals surface area contributed by atoms with Crippen LogP contribution in [0, 0.1) is 0 Å². The number of nitrogens with zero attached hydrogens (tertiary/aromatic N) is 1. The van der Waals surface area contributed by atoms with Crippen LogP contribution in [0.3, 0.4) is 0 Å². The van der Waals surface area contributed by atoms with E-state index in [4.69, 9.17) is 22.7 Å².